The van der Waals surface area contributed by atoms with Crippen LogP contribution in [0.2, 0.25) is 0 Å². The average Bonchev–Trinajstić information content (AvgIpc) is 2.02. The zero-order valence-electron chi connectivity index (χ0n) is 10.1. The molecule has 0 aromatic heterocycles. The van der Waals surface area contributed by atoms with Crippen LogP contribution in [0.15, 0.2) is 0 Å². The molecule has 0 fully saturated rings. The van der Waals surface area contributed by atoms with Gasteiger partial charge in [0.1, 0.15) is 0 Å². The number of hydrogen-bond acceptors (Lipinski definition) is 1. The fraction of sp³-hybridized carbons (Fsp3) is 1.00. The molecule has 0 spiro atoms. The van der Waals surface area contributed by atoms with Gasteiger partial charge in [-0.1, -0.05) is 26.2 Å². The summed E-state index contributed by atoms with van der Waals surface area (Å²) in [5.41, 5.74) is 0. The topological polar surface area (TPSA) is 3.24 Å². The lowest BCUT2D eigenvalue weighted by molar-refractivity contribution is 0.171. The zero-order valence-corrected chi connectivity index (χ0v) is 10.1. The van der Waals surface area contributed by atoms with Crippen molar-refractivity contribution in [3.8, 4) is 0 Å². The molecule has 1 heteroatoms. The van der Waals surface area contributed by atoms with E-state index in [2.05, 4.69) is 39.5 Å². The summed E-state index contributed by atoms with van der Waals surface area (Å²) in [6.45, 7) is 12.7. The van der Waals surface area contributed by atoms with E-state index in [1.807, 2.05) is 0 Å². The van der Waals surface area contributed by atoms with E-state index in [-0.39, 0.29) is 0 Å². The average molecular weight is 185 g/mol. The van der Waals surface area contributed by atoms with Crippen molar-refractivity contribution in [1.82, 2.24) is 4.90 Å². The Bertz CT molecular complexity index is 99.7. The van der Waals surface area contributed by atoms with E-state index in [1.54, 1.807) is 0 Å². The maximum absolute atomic E-state index is 2.58. The lowest BCUT2D eigenvalue weighted by Gasteiger charge is -2.30. The summed E-state index contributed by atoms with van der Waals surface area (Å²) in [5.74, 6) is 0. The van der Waals surface area contributed by atoms with Gasteiger partial charge in [-0.3, -0.25) is 4.90 Å². The minimum Gasteiger partial charge on any atom is -0.299 e. The minimum absolute atomic E-state index is 0.696. The third-order valence-electron chi connectivity index (χ3n) is 2.60. The Kier molecular flexibility index (Phi) is 7.35. The highest BCUT2D eigenvalue weighted by Gasteiger charge is 2.11. The van der Waals surface area contributed by atoms with Crippen molar-refractivity contribution < 1.29 is 0 Å². The molecule has 0 rings (SSSR count). The number of nitrogens with zero attached hydrogens (tertiary/aromatic N) is 1. The van der Waals surface area contributed by atoms with Gasteiger partial charge in [-0.05, 0) is 40.7 Å². The molecule has 0 aliphatic carbocycles. The van der Waals surface area contributed by atoms with E-state index >= 15 is 0 Å². The predicted molar refractivity (Wildman–Crippen MR) is 61.1 cm³/mol. The predicted octanol–water partition coefficient (Wildman–Crippen LogP) is 3.69. The van der Waals surface area contributed by atoms with E-state index in [9.17, 15) is 0 Å². The first-order valence-electron chi connectivity index (χ1n) is 5.85. The Hall–Kier alpha value is -0.0400. The van der Waals surface area contributed by atoms with Crippen LogP contribution in [-0.4, -0.2) is 23.5 Å². The van der Waals surface area contributed by atoms with Gasteiger partial charge in [-0.2, -0.15) is 0 Å². The molecule has 0 heterocycles. The van der Waals surface area contributed by atoms with Crippen LogP contribution in [0.25, 0.3) is 0 Å². The van der Waals surface area contributed by atoms with Crippen molar-refractivity contribution in [1.29, 1.82) is 0 Å². The lowest BCUT2D eigenvalue weighted by Crippen LogP contribution is -2.37. The molecule has 0 N–H and O–H groups in total. The van der Waals surface area contributed by atoms with Gasteiger partial charge >= 0.3 is 0 Å². The summed E-state index contributed by atoms with van der Waals surface area (Å²) in [7, 11) is 0. The van der Waals surface area contributed by atoms with Gasteiger partial charge in [-0.25, -0.2) is 0 Å². The second kappa shape index (κ2) is 7.37. The first-order valence-corrected chi connectivity index (χ1v) is 5.85. The van der Waals surface area contributed by atoms with Crippen molar-refractivity contribution in [2.75, 3.05) is 6.54 Å². The molecule has 0 radical (unpaired) electrons. The molecule has 0 atom stereocenters. The maximum Gasteiger partial charge on any atom is 0.00412 e. The molecule has 0 aliphatic rings. The standard InChI is InChI=1S/C12H27N/c1-6-7-8-9-10-13(11(2)3)12(4)5/h11-12H,6-10H2,1-5H3. The summed E-state index contributed by atoms with van der Waals surface area (Å²) in [5, 5.41) is 0. The second-order valence-electron chi connectivity index (χ2n) is 4.49. The molecule has 0 saturated carbocycles. The Morgan fingerprint density at radius 3 is 1.77 bits per heavy atom. The molecule has 0 aromatic rings. The summed E-state index contributed by atoms with van der Waals surface area (Å²) in [6.07, 6.45) is 5.49. The van der Waals surface area contributed by atoms with Gasteiger partial charge in [0, 0.05) is 12.1 Å². The van der Waals surface area contributed by atoms with Gasteiger partial charge in [0.05, 0.1) is 0 Å². The Morgan fingerprint density at radius 1 is 0.846 bits per heavy atom. The van der Waals surface area contributed by atoms with Crippen molar-refractivity contribution in [3.05, 3.63) is 0 Å². The molecule has 0 aromatic carbocycles. The Morgan fingerprint density at radius 2 is 1.38 bits per heavy atom. The summed E-state index contributed by atoms with van der Waals surface area (Å²) in [4.78, 5) is 2.58. The van der Waals surface area contributed by atoms with E-state index in [0.29, 0.717) is 12.1 Å². The maximum atomic E-state index is 2.58. The van der Waals surface area contributed by atoms with Crippen molar-refractivity contribution in [3.63, 3.8) is 0 Å². The Balaban J connectivity index is 3.58. The smallest absolute Gasteiger partial charge is 0.00412 e. The van der Waals surface area contributed by atoms with Crippen LogP contribution in [-0.2, 0) is 0 Å². The van der Waals surface area contributed by atoms with Crippen molar-refractivity contribution in [2.24, 2.45) is 0 Å². The third kappa shape index (κ3) is 6.09. The van der Waals surface area contributed by atoms with Gasteiger partial charge in [0.15, 0.2) is 0 Å². The largest absolute Gasteiger partial charge is 0.299 e. The number of unbranched alkanes of at least 4 members (excludes halogenated alkanes) is 3. The van der Waals surface area contributed by atoms with Gasteiger partial charge < -0.3 is 0 Å². The molecular weight excluding hydrogens is 158 g/mol. The molecule has 0 saturated heterocycles. The number of hydrogen-bond donors (Lipinski definition) is 0. The fourth-order valence-corrected chi connectivity index (χ4v) is 1.83. The number of rotatable bonds is 7. The molecule has 0 unspecified atom stereocenters. The normalized spacial score (nSPS) is 12.0. The molecule has 13 heavy (non-hydrogen) atoms. The third-order valence-corrected chi connectivity index (χ3v) is 2.60. The zero-order chi connectivity index (χ0) is 10.3. The van der Waals surface area contributed by atoms with Crippen LogP contribution in [0.3, 0.4) is 0 Å². The molecular formula is C12H27N. The first-order chi connectivity index (χ1) is 6.09. The van der Waals surface area contributed by atoms with E-state index < -0.39 is 0 Å². The Labute approximate surface area is 84.5 Å². The highest BCUT2D eigenvalue weighted by Crippen LogP contribution is 2.08. The minimum atomic E-state index is 0.696. The van der Waals surface area contributed by atoms with Crippen molar-refractivity contribution >= 4 is 0 Å². The second-order valence-corrected chi connectivity index (χ2v) is 4.49. The van der Waals surface area contributed by atoms with Crippen LogP contribution in [0.4, 0.5) is 0 Å². The highest BCUT2D eigenvalue weighted by atomic mass is 15.2. The molecule has 80 valence electrons. The quantitative estimate of drug-likeness (QED) is 0.547. The summed E-state index contributed by atoms with van der Waals surface area (Å²) >= 11 is 0. The van der Waals surface area contributed by atoms with E-state index in [4.69, 9.17) is 0 Å². The van der Waals surface area contributed by atoms with E-state index in [0.717, 1.165) is 0 Å². The summed E-state index contributed by atoms with van der Waals surface area (Å²) < 4.78 is 0. The van der Waals surface area contributed by atoms with E-state index in [1.165, 1.54) is 32.2 Å². The molecule has 0 bridgehead atoms. The van der Waals surface area contributed by atoms with Crippen LogP contribution in [0.1, 0.15) is 60.3 Å². The van der Waals surface area contributed by atoms with Gasteiger partial charge in [0.2, 0.25) is 0 Å². The van der Waals surface area contributed by atoms with Crippen LogP contribution < -0.4 is 0 Å². The highest BCUT2D eigenvalue weighted by molar-refractivity contribution is 4.66. The molecule has 0 amide bonds. The molecule has 0 aliphatic heterocycles. The summed E-state index contributed by atoms with van der Waals surface area (Å²) in [6, 6.07) is 1.39. The first kappa shape index (κ1) is 13.0. The molecule has 1 nitrogen and oxygen atoms in total. The lowest BCUT2D eigenvalue weighted by atomic mass is 10.1. The van der Waals surface area contributed by atoms with Gasteiger partial charge in [0.25, 0.3) is 0 Å². The van der Waals surface area contributed by atoms with Gasteiger partial charge in [-0.15, -0.1) is 0 Å². The monoisotopic (exact) mass is 185 g/mol. The fourth-order valence-electron chi connectivity index (χ4n) is 1.83. The SMILES string of the molecule is CCCCCCN(C(C)C)C(C)C. The van der Waals surface area contributed by atoms with Crippen molar-refractivity contribution in [2.45, 2.75) is 72.4 Å². The van der Waals surface area contributed by atoms with Crippen LogP contribution in [0, 0.1) is 0 Å². The van der Waals surface area contributed by atoms with Crippen LogP contribution >= 0.6 is 0 Å². The van der Waals surface area contributed by atoms with Crippen LogP contribution in [0.5, 0.6) is 0 Å².